The predicted molar refractivity (Wildman–Crippen MR) is 136 cm³/mol. The minimum Gasteiger partial charge on any atom is -0.481 e. The van der Waals surface area contributed by atoms with Crippen LogP contribution in [-0.4, -0.2) is 32.6 Å². The molecule has 0 atom stereocenters. The van der Waals surface area contributed by atoms with Crippen LogP contribution in [0.15, 0.2) is 79.0 Å². The highest BCUT2D eigenvalue weighted by Crippen LogP contribution is 2.29. The average molecular weight is 467 g/mol. The van der Waals surface area contributed by atoms with Crippen LogP contribution >= 0.6 is 0 Å². The Hall–Kier alpha value is -4.46. The van der Waals surface area contributed by atoms with E-state index in [-0.39, 0.29) is 13.0 Å². The molecule has 5 rings (SSSR count). The Balaban J connectivity index is 1.41. The van der Waals surface area contributed by atoms with Gasteiger partial charge in [-0.1, -0.05) is 42.5 Å². The lowest BCUT2D eigenvalue weighted by molar-refractivity contribution is -0.136. The number of hydrogen-bond donors (Lipinski definition) is 3. The molecule has 0 saturated heterocycles. The number of anilines is 3. The minimum atomic E-state index is -0.859. The maximum absolute atomic E-state index is 11.0. The SMILES string of the molecule is O=C(O)CCNc1cc(N2Cc3ccccc3C2)nc(-c2cc(CNc3ccccc3)ccn2)n1. The third kappa shape index (κ3) is 5.55. The molecule has 176 valence electrons. The first-order valence-corrected chi connectivity index (χ1v) is 11.5. The molecule has 2 aromatic carbocycles. The molecule has 0 unspecified atom stereocenters. The van der Waals surface area contributed by atoms with Crippen LogP contribution in [-0.2, 0) is 24.4 Å². The number of rotatable bonds is 9. The number of benzene rings is 2. The first-order chi connectivity index (χ1) is 17.1. The normalized spacial score (nSPS) is 12.3. The van der Waals surface area contributed by atoms with Gasteiger partial charge in [0.1, 0.15) is 17.3 Å². The fourth-order valence-electron chi connectivity index (χ4n) is 4.06. The highest BCUT2D eigenvalue weighted by molar-refractivity contribution is 5.67. The second-order valence-corrected chi connectivity index (χ2v) is 8.40. The standard InChI is InChI=1S/C27H26N6O2/c34-26(35)11-13-29-24-15-25(33-17-20-6-4-5-7-21(20)18-33)32-27(31-24)23-14-19(10-12-28-23)16-30-22-8-2-1-3-9-22/h1-10,12,14-15,30H,11,13,16-18H2,(H,34,35)(H,29,31,32). The molecule has 0 aliphatic carbocycles. The molecule has 35 heavy (non-hydrogen) atoms. The molecule has 3 N–H and O–H groups in total. The number of carboxylic acid groups (broad SMARTS) is 1. The van der Waals surface area contributed by atoms with E-state index in [2.05, 4.69) is 37.6 Å². The van der Waals surface area contributed by atoms with Gasteiger partial charge in [0.2, 0.25) is 0 Å². The number of fused-ring (bicyclic) bond motifs is 1. The average Bonchev–Trinajstić information content (AvgIpc) is 3.33. The molecule has 8 heteroatoms. The summed E-state index contributed by atoms with van der Waals surface area (Å²) in [5.74, 6) is 0.996. The fourth-order valence-corrected chi connectivity index (χ4v) is 4.06. The summed E-state index contributed by atoms with van der Waals surface area (Å²) in [6.07, 6.45) is 1.76. The quantitative estimate of drug-likeness (QED) is 0.330. The van der Waals surface area contributed by atoms with Crippen LogP contribution in [0.3, 0.4) is 0 Å². The van der Waals surface area contributed by atoms with Crippen LogP contribution in [0.1, 0.15) is 23.1 Å². The number of nitrogens with zero attached hydrogens (tertiary/aromatic N) is 4. The molecule has 1 aliphatic heterocycles. The van der Waals surface area contributed by atoms with E-state index in [1.807, 2.05) is 60.7 Å². The molecule has 0 bridgehead atoms. The van der Waals surface area contributed by atoms with E-state index < -0.39 is 5.97 Å². The first-order valence-electron chi connectivity index (χ1n) is 11.5. The van der Waals surface area contributed by atoms with Crippen molar-refractivity contribution >= 4 is 23.3 Å². The molecule has 0 fully saturated rings. The van der Waals surface area contributed by atoms with Crippen LogP contribution < -0.4 is 15.5 Å². The number of aliphatic carboxylic acids is 1. The second-order valence-electron chi connectivity index (χ2n) is 8.40. The van der Waals surface area contributed by atoms with Crippen LogP contribution in [0.4, 0.5) is 17.3 Å². The molecular weight excluding hydrogens is 440 g/mol. The van der Waals surface area contributed by atoms with Crippen molar-refractivity contribution in [2.75, 3.05) is 22.1 Å². The van der Waals surface area contributed by atoms with Gasteiger partial charge in [-0.05, 0) is 41.0 Å². The van der Waals surface area contributed by atoms with Gasteiger partial charge in [0.15, 0.2) is 5.82 Å². The zero-order valence-corrected chi connectivity index (χ0v) is 19.2. The zero-order valence-electron chi connectivity index (χ0n) is 19.2. The summed E-state index contributed by atoms with van der Waals surface area (Å²) in [6, 6.07) is 24.2. The van der Waals surface area contributed by atoms with E-state index in [0.29, 0.717) is 23.9 Å². The van der Waals surface area contributed by atoms with Crippen LogP contribution in [0.5, 0.6) is 0 Å². The van der Waals surface area contributed by atoms with Crippen LogP contribution in [0.25, 0.3) is 11.5 Å². The zero-order chi connectivity index (χ0) is 24.0. The summed E-state index contributed by atoms with van der Waals surface area (Å²) < 4.78 is 0. The Kier molecular flexibility index (Phi) is 6.52. The van der Waals surface area contributed by atoms with Crippen molar-refractivity contribution in [3.63, 3.8) is 0 Å². The number of hydrogen-bond acceptors (Lipinski definition) is 7. The van der Waals surface area contributed by atoms with Crippen molar-refractivity contribution in [1.82, 2.24) is 15.0 Å². The molecular formula is C27H26N6O2. The summed E-state index contributed by atoms with van der Waals surface area (Å²) >= 11 is 0. The Bertz CT molecular complexity index is 1300. The minimum absolute atomic E-state index is 0.00269. The molecule has 0 saturated carbocycles. The summed E-state index contributed by atoms with van der Waals surface area (Å²) in [7, 11) is 0. The van der Waals surface area contributed by atoms with E-state index in [0.717, 1.165) is 30.2 Å². The van der Waals surface area contributed by atoms with Gasteiger partial charge in [-0.15, -0.1) is 0 Å². The summed E-state index contributed by atoms with van der Waals surface area (Å²) in [4.78, 5) is 27.2. The Labute approximate surface area is 203 Å². The van der Waals surface area contributed by atoms with Gasteiger partial charge in [-0.3, -0.25) is 9.78 Å². The monoisotopic (exact) mass is 466 g/mol. The molecule has 2 aromatic heterocycles. The van der Waals surface area contributed by atoms with Crippen molar-refractivity contribution in [2.24, 2.45) is 0 Å². The third-order valence-electron chi connectivity index (χ3n) is 5.85. The summed E-state index contributed by atoms with van der Waals surface area (Å²) in [5, 5.41) is 15.6. The highest BCUT2D eigenvalue weighted by Gasteiger charge is 2.21. The van der Waals surface area contributed by atoms with E-state index in [1.54, 1.807) is 6.20 Å². The predicted octanol–water partition coefficient (Wildman–Crippen LogP) is 4.56. The number of pyridine rings is 1. The van der Waals surface area contributed by atoms with Gasteiger partial charge in [0, 0.05) is 44.1 Å². The lowest BCUT2D eigenvalue weighted by Crippen LogP contribution is -2.18. The molecule has 4 aromatic rings. The van der Waals surface area contributed by atoms with Gasteiger partial charge in [-0.25, -0.2) is 9.97 Å². The molecule has 0 radical (unpaired) electrons. The molecule has 8 nitrogen and oxygen atoms in total. The van der Waals surface area contributed by atoms with E-state index in [1.165, 1.54) is 11.1 Å². The van der Waals surface area contributed by atoms with Crippen molar-refractivity contribution in [3.05, 3.63) is 95.7 Å². The van der Waals surface area contributed by atoms with E-state index in [9.17, 15) is 4.79 Å². The molecule has 1 aliphatic rings. The third-order valence-corrected chi connectivity index (χ3v) is 5.85. The molecule has 0 spiro atoms. The summed E-state index contributed by atoms with van der Waals surface area (Å²) in [6.45, 7) is 2.44. The van der Waals surface area contributed by atoms with Gasteiger partial charge >= 0.3 is 5.97 Å². The van der Waals surface area contributed by atoms with Crippen LogP contribution in [0.2, 0.25) is 0 Å². The number of carbonyl (C=O) groups is 1. The maximum Gasteiger partial charge on any atom is 0.305 e. The van der Waals surface area contributed by atoms with E-state index in [4.69, 9.17) is 10.1 Å². The van der Waals surface area contributed by atoms with Gasteiger partial charge in [0.05, 0.1) is 6.42 Å². The Morgan fingerprint density at radius 1 is 0.914 bits per heavy atom. The largest absolute Gasteiger partial charge is 0.481 e. The van der Waals surface area contributed by atoms with Gasteiger partial charge in [0.25, 0.3) is 0 Å². The van der Waals surface area contributed by atoms with Gasteiger partial charge in [-0.2, -0.15) is 0 Å². The topological polar surface area (TPSA) is 103 Å². The Morgan fingerprint density at radius 2 is 1.66 bits per heavy atom. The lowest BCUT2D eigenvalue weighted by Gasteiger charge is -2.18. The fraction of sp³-hybridized carbons (Fsp3) is 0.185. The van der Waals surface area contributed by atoms with Gasteiger partial charge < -0.3 is 20.6 Å². The maximum atomic E-state index is 11.0. The lowest BCUT2D eigenvalue weighted by atomic mass is 10.1. The number of aromatic nitrogens is 3. The van der Waals surface area contributed by atoms with Crippen molar-refractivity contribution < 1.29 is 9.90 Å². The molecule has 3 heterocycles. The Morgan fingerprint density at radius 3 is 2.40 bits per heavy atom. The second kappa shape index (κ2) is 10.2. The summed E-state index contributed by atoms with van der Waals surface area (Å²) in [5.41, 5.74) is 5.32. The highest BCUT2D eigenvalue weighted by atomic mass is 16.4. The number of carboxylic acids is 1. The van der Waals surface area contributed by atoms with E-state index >= 15 is 0 Å². The first kappa shape index (κ1) is 22.3. The van der Waals surface area contributed by atoms with Crippen molar-refractivity contribution in [1.29, 1.82) is 0 Å². The van der Waals surface area contributed by atoms with Crippen molar-refractivity contribution in [3.8, 4) is 11.5 Å². The number of para-hydroxylation sites is 1. The number of nitrogens with one attached hydrogen (secondary N) is 2. The smallest absolute Gasteiger partial charge is 0.305 e. The molecule has 0 amide bonds. The van der Waals surface area contributed by atoms with Crippen LogP contribution in [0, 0.1) is 0 Å². The van der Waals surface area contributed by atoms with Crippen molar-refractivity contribution in [2.45, 2.75) is 26.1 Å².